The van der Waals surface area contributed by atoms with E-state index in [9.17, 15) is 5.11 Å². The minimum Gasteiger partial charge on any atom is -0.395 e. The molecule has 0 amide bonds. The van der Waals surface area contributed by atoms with Crippen LogP contribution in [-0.2, 0) is 0 Å². The molecule has 0 aromatic carbocycles. The van der Waals surface area contributed by atoms with E-state index in [0.717, 1.165) is 12.3 Å². The fraction of sp³-hybridized carbons (Fsp3) is 1.00. The van der Waals surface area contributed by atoms with Gasteiger partial charge in [0.25, 0.3) is 0 Å². The monoisotopic (exact) mass is 201 g/mol. The maximum Gasteiger partial charge on any atom is 0.0584 e. The van der Waals surface area contributed by atoms with Gasteiger partial charge in [0.1, 0.15) is 0 Å². The van der Waals surface area contributed by atoms with Crippen molar-refractivity contribution in [2.75, 3.05) is 6.61 Å². The van der Waals surface area contributed by atoms with Crippen LogP contribution in [0, 0.1) is 11.8 Å². The van der Waals surface area contributed by atoms with Crippen molar-refractivity contribution in [3.05, 3.63) is 0 Å². The molecule has 0 fully saturated rings. The van der Waals surface area contributed by atoms with E-state index in [1.54, 1.807) is 0 Å². The highest BCUT2D eigenvalue weighted by Gasteiger charge is 2.13. The van der Waals surface area contributed by atoms with E-state index in [1.807, 2.05) is 0 Å². The van der Waals surface area contributed by atoms with Crippen LogP contribution in [-0.4, -0.2) is 23.8 Å². The van der Waals surface area contributed by atoms with Gasteiger partial charge in [-0.1, -0.05) is 27.7 Å². The van der Waals surface area contributed by atoms with Crippen LogP contribution >= 0.6 is 0 Å². The van der Waals surface area contributed by atoms with E-state index in [-0.39, 0.29) is 12.6 Å². The number of nitrogens with one attached hydrogen (secondary N) is 1. The summed E-state index contributed by atoms with van der Waals surface area (Å²) in [5.74, 6) is 1.36. The lowest BCUT2D eigenvalue weighted by Crippen LogP contribution is -2.40. The van der Waals surface area contributed by atoms with Gasteiger partial charge in [-0.25, -0.2) is 0 Å². The molecule has 0 aliphatic heterocycles. The molecule has 14 heavy (non-hydrogen) atoms. The Labute approximate surface area is 89.1 Å². The molecule has 2 N–H and O–H groups in total. The van der Waals surface area contributed by atoms with E-state index in [2.05, 4.69) is 39.9 Å². The lowest BCUT2D eigenvalue weighted by Gasteiger charge is -2.24. The van der Waals surface area contributed by atoms with Crippen LogP contribution in [0.2, 0.25) is 0 Å². The van der Waals surface area contributed by atoms with Crippen molar-refractivity contribution >= 4 is 0 Å². The van der Waals surface area contributed by atoms with E-state index in [4.69, 9.17) is 0 Å². The van der Waals surface area contributed by atoms with E-state index in [1.165, 1.54) is 6.42 Å². The summed E-state index contributed by atoms with van der Waals surface area (Å²) in [6, 6.07) is 0.773. The first kappa shape index (κ1) is 13.9. The van der Waals surface area contributed by atoms with E-state index < -0.39 is 0 Å². The molecule has 0 heterocycles. The van der Waals surface area contributed by atoms with Gasteiger partial charge in [0.2, 0.25) is 0 Å². The lowest BCUT2D eigenvalue weighted by molar-refractivity contribution is 0.210. The van der Waals surface area contributed by atoms with Gasteiger partial charge in [-0.3, -0.25) is 0 Å². The van der Waals surface area contributed by atoms with E-state index >= 15 is 0 Å². The van der Waals surface area contributed by atoms with Crippen LogP contribution in [0.25, 0.3) is 0 Å². The standard InChI is InChI=1S/C12H27NO/c1-9(2)6-11(5)13-12(8-14)7-10(3)4/h9-14H,6-8H2,1-5H3. The zero-order valence-electron chi connectivity index (χ0n) is 10.4. The fourth-order valence-corrected chi connectivity index (χ4v) is 1.94. The minimum atomic E-state index is 0.251. The van der Waals surface area contributed by atoms with Crippen molar-refractivity contribution in [2.24, 2.45) is 11.8 Å². The molecule has 2 unspecified atom stereocenters. The Morgan fingerprint density at radius 2 is 1.43 bits per heavy atom. The number of rotatable bonds is 7. The van der Waals surface area contributed by atoms with Gasteiger partial charge >= 0.3 is 0 Å². The summed E-state index contributed by atoms with van der Waals surface area (Å²) in [6.45, 7) is 11.3. The van der Waals surface area contributed by atoms with Crippen LogP contribution in [0.5, 0.6) is 0 Å². The van der Waals surface area contributed by atoms with Crippen LogP contribution in [0.1, 0.15) is 47.5 Å². The molecule has 86 valence electrons. The molecule has 2 nitrogen and oxygen atoms in total. The normalized spacial score (nSPS) is 16.3. The molecule has 0 bridgehead atoms. The van der Waals surface area contributed by atoms with Crippen LogP contribution < -0.4 is 5.32 Å². The molecule has 2 atom stereocenters. The molecule has 2 heteroatoms. The van der Waals surface area contributed by atoms with Crippen LogP contribution in [0.3, 0.4) is 0 Å². The zero-order valence-corrected chi connectivity index (χ0v) is 10.4. The second-order valence-corrected chi connectivity index (χ2v) is 5.21. The Hall–Kier alpha value is -0.0800. The Kier molecular flexibility index (Phi) is 7.20. The Morgan fingerprint density at radius 1 is 0.929 bits per heavy atom. The van der Waals surface area contributed by atoms with Crippen molar-refractivity contribution in [3.8, 4) is 0 Å². The first-order chi connectivity index (χ1) is 6.45. The highest BCUT2D eigenvalue weighted by molar-refractivity contribution is 4.72. The summed E-state index contributed by atoms with van der Waals surface area (Å²) < 4.78 is 0. The Balaban J connectivity index is 3.79. The van der Waals surface area contributed by atoms with Crippen LogP contribution in [0.4, 0.5) is 0 Å². The van der Waals surface area contributed by atoms with Crippen LogP contribution in [0.15, 0.2) is 0 Å². The number of hydrogen-bond acceptors (Lipinski definition) is 2. The summed E-state index contributed by atoms with van der Waals surface area (Å²) in [7, 11) is 0. The predicted octanol–water partition coefficient (Wildman–Crippen LogP) is 2.42. The Bertz CT molecular complexity index is 134. The third kappa shape index (κ3) is 7.34. The maximum absolute atomic E-state index is 9.20. The third-order valence-electron chi connectivity index (χ3n) is 2.32. The topological polar surface area (TPSA) is 32.3 Å². The van der Waals surface area contributed by atoms with Crippen molar-refractivity contribution in [2.45, 2.75) is 59.5 Å². The molecule has 0 rings (SSSR count). The van der Waals surface area contributed by atoms with Crippen molar-refractivity contribution in [1.82, 2.24) is 5.32 Å². The second-order valence-electron chi connectivity index (χ2n) is 5.21. The fourth-order valence-electron chi connectivity index (χ4n) is 1.94. The molecule has 0 spiro atoms. The summed E-state index contributed by atoms with van der Waals surface area (Å²) in [6.07, 6.45) is 2.23. The van der Waals surface area contributed by atoms with Gasteiger partial charge in [-0.2, -0.15) is 0 Å². The summed E-state index contributed by atoms with van der Waals surface area (Å²) >= 11 is 0. The number of aliphatic hydroxyl groups excluding tert-OH is 1. The van der Waals surface area contributed by atoms with Crippen molar-refractivity contribution in [1.29, 1.82) is 0 Å². The predicted molar refractivity (Wildman–Crippen MR) is 62.4 cm³/mol. The number of aliphatic hydroxyl groups is 1. The van der Waals surface area contributed by atoms with Gasteiger partial charge in [0.05, 0.1) is 6.61 Å². The zero-order chi connectivity index (χ0) is 11.1. The van der Waals surface area contributed by atoms with Gasteiger partial charge in [-0.15, -0.1) is 0 Å². The van der Waals surface area contributed by atoms with Gasteiger partial charge in [-0.05, 0) is 31.6 Å². The molecule has 0 aliphatic rings. The lowest BCUT2D eigenvalue weighted by atomic mass is 10.0. The average Bonchev–Trinajstić information content (AvgIpc) is 2.00. The first-order valence-electron chi connectivity index (χ1n) is 5.82. The molecule has 0 radical (unpaired) electrons. The largest absolute Gasteiger partial charge is 0.395 e. The molecule has 0 saturated heterocycles. The van der Waals surface area contributed by atoms with Crippen molar-refractivity contribution < 1.29 is 5.11 Å². The molecular formula is C12H27NO. The van der Waals surface area contributed by atoms with Crippen molar-refractivity contribution in [3.63, 3.8) is 0 Å². The summed E-state index contributed by atoms with van der Waals surface area (Å²) in [5.41, 5.74) is 0. The highest BCUT2D eigenvalue weighted by Crippen LogP contribution is 2.08. The quantitative estimate of drug-likeness (QED) is 0.663. The van der Waals surface area contributed by atoms with Gasteiger partial charge in [0, 0.05) is 12.1 Å². The first-order valence-corrected chi connectivity index (χ1v) is 5.82. The van der Waals surface area contributed by atoms with E-state index in [0.29, 0.717) is 12.0 Å². The maximum atomic E-state index is 9.20. The third-order valence-corrected chi connectivity index (χ3v) is 2.32. The number of hydrogen-bond donors (Lipinski definition) is 2. The Morgan fingerprint density at radius 3 is 1.79 bits per heavy atom. The summed E-state index contributed by atoms with van der Waals surface area (Å²) in [4.78, 5) is 0. The molecule has 0 saturated carbocycles. The SMILES string of the molecule is CC(C)CC(C)NC(CO)CC(C)C. The minimum absolute atomic E-state index is 0.251. The molecular weight excluding hydrogens is 174 g/mol. The second kappa shape index (κ2) is 7.24. The van der Waals surface area contributed by atoms with Gasteiger partial charge in [0.15, 0.2) is 0 Å². The van der Waals surface area contributed by atoms with Gasteiger partial charge < -0.3 is 10.4 Å². The average molecular weight is 201 g/mol. The smallest absolute Gasteiger partial charge is 0.0584 e. The molecule has 0 aromatic rings. The molecule has 0 aliphatic carbocycles. The molecule has 0 aromatic heterocycles. The summed E-state index contributed by atoms with van der Waals surface area (Å²) in [5, 5.41) is 12.7. The highest BCUT2D eigenvalue weighted by atomic mass is 16.3.